The summed E-state index contributed by atoms with van der Waals surface area (Å²) in [5, 5.41) is 16.4. The van der Waals surface area contributed by atoms with Crippen molar-refractivity contribution in [1.29, 1.82) is 0 Å². The lowest BCUT2D eigenvalue weighted by Crippen LogP contribution is -2.28. The summed E-state index contributed by atoms with van der Waals surface area (Å²) in [4.78, 5) is 15.3. The number of thiophene rings is 1. The highest BCUT2D eigenvalue weighted by molar-refractivity contribution is 7.71. The number of nitrogens with zero attached hydrogens (tertiary/aromatic N) is 4. The van der Waals surface area contributed by atoms with Crippen LogP contribution in [0.5, 0.6) is 0 Å². The first-order valence-electron chi connectivity index (χ1n) is 10.2. The van der Waals surface area contributed by atoms with Crippen molar-refractivity contribution in [3.63, 3.8) is 0 Å². The molecule has 32 heavy (non-hydrogen) atoms. The summed E-state index contributed by atoms with van der Waals surface area (Å²) < 4.78 is 15.8. The fourth-order valence-electron chi connectivity index (χ4n) is 3.43. The average molecular weight is 471 g/mol. The van der Waals surface area contributed by atoms with Gasteiger partial charge in [-0.05, 0) is 54.7 Å². The molecule has 0 radical (unpaired) electrons. The SMILES string of the molecule is CN(CCCc1cc(-c2cccc(F)c2)n[nH]1)C(=O)CCn1c(-c2cccs2)n[nH]c1=S. The maximum absolute atomic E-state index is 13.4. The van der Waals surface area contributed by atoms with Crippen LogP contribution in [0.1, 0.15) is 18.5 Å². The number of H-pyrrole nitrogens is 2. The van der Waals surface area contributed by atoms with Gasteiger partial charge in [0.25, 0.3) is 0 Å². The molecule has 3 heterocycles. The molecule has 166 valence electrons. The van der Waals surface area contributed by atoms with Gasteiger partial charge in [-0.15, -0.1) is 11.3 Å². The van der Waals surface area contributed by atoms with E-state index in [0.29, 0.717) is 30.0 Å². The number of carbonyl (C=O) groups is 1. The van der Waals surface area contributed by atoms with Gasteiger partial charge in [0.2, 0.25) is 5.91 Å². The highest BCUT2D eigenvalue weighted by Gasteiger charge is 2.14. The highest BCUT2D eigenvalue weighted by atomic mass is 32.1. The molecule has 0 aliphatic rings. The molecule has 0 spiro atoms. The first-order valence-corrected chi connectivity index (χ1v) is 11.5. The van der Waals surface area contributed by atoms with Crippen molar-refractivity contribution >= 4 is 29.5 Å². The van der Waals surface area contributed by atoms with Gasteiger partial charge in [-0.3, -0.25) is 19.6 Å². The fraction of sp³-hybridized carbons (Fsp3) is 0.273. The first-order chi connectivity index (χ1) is 15.5. The van der Waals surface area contributed by atoms with Gasteiger partial charge in [0.15, 0.2) is 10.6 Å². The quantitative estimate of drug-likeness (QED) is 0.348. The van der Waals surface area contributed by atoms with Crippen molar-refractivity contribution in [2.45, 2.75) is 25.8 Å². The van der Waals surface area contributed by atoms with Crippen LogP contribution in [0.4, 0.5) is 4.39 Å². The largest absolute Gasteiger partial charge is 0.346 e. The van der Waals surface area contributed by atoms with E-state index in [2.05, 4.69) is 20.4 Å². The number of rotatable bonds is 9. The second-order valence-corrected chi connectivity index (χ2v) is 8.77. The summed E-state index contributed by atoms with van der Waals surface area (Å²) in [6, 6.07) is 12.2. The van der Waals surface area contributed by atoms with E-state index in [-0.39, 0.29) is 11.7 Å². The molecule has 0 aliphatic carbocycles. The third-order valence-corrected chi connectivity index (χ3v) is 6.34. The second kappa shape index (κ2) is 10.0. The van der Waals surface area contributed by atoms with E-state index in [4.69, 9.17) is 12.2 Å². The first kappa shape index (κ1) is 22.1. The number of carbonyl (C=O) groups excluding carboxylic acids is 1. The molecular formula is C22H23FN6OS2. The van der Waals surface area contributed by atoms with Gasteiger partial charge in [-0.25, -0.2) is 4.39 Å². The van der Waals surface area contributed by atoms with Crippen LogP contribution < -0.4 is 0 Å². The molecule has 0 saturated carbocycles. The number of benzene rings is 1. The smallest absolute Gasteiger partial charge is 0.224 e. The number of aryl methyl sites for hydroxylation is 1. The summed E-state index contributed by atoms with van der Waals surface area (Å²) in [7, 11) is 1.81. The van der Waals surface area contributed by atoms with Crippen LogP contribution in [0, 0.1) is 10.6 Å². The third-order valence-electron chi connectivity index (χ3n) is 5.17. The number of aromatic amines is 2. The van der Waals surface area contributed by atoms with Crippen molar-refractivity contribution < 1.29 is 9.18 Å². The van der Waals surface area contributed by atoms with Gasteiger partial charge in [-0.2, -0.15) is 10.2 Å². The van der Waals surface area contributed by atoms with Crippen molar-refractivity contribution in [2.24, 2.45) is 0 Å². The fourth-order valence-corrected chi connectivity index (χ4v) is 4.38. The Morgan fingerprint density at radius 3 is 2.88 bits per heavy atom. The number of halogens is 1. The number of nitrogens with one attached hydrogen (secondary N) is 2. The molecule has 4 rings (SSSR count). The molecule has 1 amide bonds. The van der Waals surface area contributed by atoms with Crippen LogP contribution in [0.25, 0.3) is 22.0 Å². The molecular weight excluding hydrogens is 447 g/mol. The van der Waals surface area contributed by atoms with Crippen molar-refractivity contribution in [1.82, 2.24) is 29.9 Å². The maximum Gasteiger partial charge on any atom is 0.224 e. The Morgan fingerprint density at radius 2 is 2.09 bits per heavy atom. The Bertz CT molecular complexity index is 1240. The Balaban J connectivity index is 1.26. The summed E-state index contributed by atoms with van der Waals surface area (Å²) in [6.45, 7) is 1.10. The van der Waals surface area contributed by atoms with Crippen LogP contribution in [0.3, 0.4) is 0 Å². The van der Waals surface area contributed by atoms with E-state index in [1.165, 1.54) is 12.1 Å². The Kier molecular flexibility index (Phi) is 6.91. The highest BCUT2D eigenvalue weighted by Crippen LogP contribution is 2.23. The lowest BCUT2D eigenvalue weighted by molar-refractivity contribution is -0.130. The summed E-state index contributed by atoms with van der Waals surface area (Å²) >= 11 is 6.91. The molecule has 0 aliphatic heterocycles. The van der Waals surface area contributed by atoms with E-state index in [1.54, 1.807) is 22.3 Å². The summed E-state index contributed by atoms with van der Waals surface area (Å²) in [6.07, 6.45) is 1.88. The van der Waals surface area contributed by atoms with Gasteiger partial charge in [0.1, 0.15) is 5.82 Å². The van der Waals surface area contributed by atoms with Crippen molar-refractivity contribution in [3.05, 3.63) is 64.1 Å². The van der Waals surface area contributed by atoms with E-state index in [0.717, 1.165) is 34.8 Å². The molecule has 2 N–H and O–H groups in total. The minimum Gasteiger partial charge on any atom is -0.346 e. The monoisotopic (exact) mass is 470 g/mol. The minimum absolute atomic E-state index is 0.0512. The Morgan fingerprint density at radius 1 is 1.22 bits per heavy atom. The Hall–Kier alpha value is -3.11. The van der Waals surface area contributed by atoms with Crippen molar-refractivity contribution in [2.75, 3.05) is 13.6 Å². The standard InChI is InChI=1S/C22H23FN6OS2/c1-28(10-3-7-17-14-18(25-24-17)15-5-2-6-16(23)13-15)20(30)9-11-29-21(26-27-22(29)31)19-8-4-12-32-19/h2,4-6,8,12-14H,3,7,9-11H2,1H3,(H,24,25)(H,27,31). The molecule has 10 heteroatoms. The number of hydrogen-bond acceptors (Lipinski definition) is 5. The zero-order valence-corrected chi connectivity index (χ0v) is 19.2. The average Bonchev–Trinajstić information content (AvgIpc) is 3.53. The van der Waals surface area contributed by atoms with Crippen LogP contribution in [0.15, 0.2) is 47.8 Å². The second-order valence-electron chi connectivity index (χ2n) is 7.44. The van der Waals surface area contributed by atoms with E-state index in [9.17, 15) is 9.18 Å². The molecule has 7 nitrogen and oxygen atoms in total. The molecule has 0 bridgehead atoms. The Labute approximate surface area is 193 Å². The molecule has 4 aromatic rings. The lowest BCUT2D eigenvalue weighted by atomic mass is 10.1. The van der Waals surface area contributed by atoms with E-state index < -0.39 is 0 Å². The zero-order valence-electron chi connectivity index (χ0n) is 17.5. The predicted molar refractivity (Wildman–Crippen MR) is 125 cm³/mol. The molecule has 3 aromatic heterocycles. The number of amides is 1. The molecule has 0 fully saturated rings. The van der Waals surface area contributed by atoms with Gasteiger partial charge in [0.05, 0.1) is 10.6 Å². The van der Waals surface area contributed by atoms with Gasteiger partial charge < -0.3 is 4.90 Å². The summed E-state index contributed by atoms with van der Waals surface area (Å²) in [5.74, 6) is 0.524. The van der Waals surface area contributed by atoms with E-state index >= 15 is 0 Å². The van der Waals surface area contributed by atoms with E-state index in [1.807, 2.05) is 41.3 Å². The molecule has 0 atom stereocenters. The minimum atomic E-state index is -0.286. The molecule has 0 saturated heterocycles. The van der Waals surface area contributed by atoms with Gasteiger partial charge in [-0.1, -0.05) is 18.2 Å². The van der Waals surface area contributed by atoms with Crippen LogP contribution >= 0.6 is 23.6 Å². The lowest BCUT2D eigenvalue weighted by Gasteiger charge is -2.17. The predicted octanol–water partition coefficient (Wildman–Crippen LogP) is 4.68. The number of aromatic nitrogens is 5. The van der Waals surface area contributed by atoms with Crippen LogP contribution in [0.2, 0.25) is 0 Å². The zero-order chi connectivity index (χ0) is 22.5. The van der Waals surface area contributed by atoms with Gasteiger partial charge >= 0.3 is 0 Å². The van der Waals surface area contributed by atoms with Crippen molar-refractivity contribution in [3.8, 4) is 22.0 Å². The molecule has 1 aromatic carbocycles. The number of hydrogen-bond donors (Lipinski definition) is 2. The topological polar surface area (TPSA) is 82.6 Å². The van der Waals surface area contributed by atoms with Crippen LogP contribution in [-0.4, -0.2) is 49.4 Å². The third kappa shape index (κ3) is 5.20. The normalized spacial score (nSPS) is 11.1. The molecule has 0 unspecified atom stereocenters. The summed E-state index contributed by atoms with van der Waals surface area (Å²) in [5.41, 5.74) is 2.40. The maximum atomic E-state index is 13.4. The van der Waals surface area contributed by atoms with Gasteiger partial charge in [0, 0.05) is 37.8 Å². The van der Waals surface area contributed by atoms with Crippen LogP contribution in [-0.2, 0) is 17.8 Å².